The maximum Gasteiger partial charge on any atom is 0.321 e. The summed E-state index contributed by atoms with van der Waals surface area (Å²) in [5, 5.41) is 7.42. The molecule has 0 aliphatic carbocycles. The summed E-state index contributed by atoms with van der Waals surface area (Å²) in [4.78, 5) is 36.1. The fourth-order valence-corrected chi connectivity index (χ4v) is 2.17. The molecular weight excluding hydrogens is 272 g/mol. The summed E-state index contributed by atoms with van der Waals surface area (Å²) < 4.78 is 0. The van der Waals surface area contributed by atoms with Gasteiger partial charge < -0.3 is 15.5 Å². The molecule has 7 nitrogen and oxygen atoms in total. The number of benzene rings is 1. The summed E-state index contributed by atoms with van der Waals surface area (Å²) in [5.74, 6) is -0.365. The Labute approximate surface area is 122 Å². The highest BCUT2D eigenvalue weighted by atomic mass is 16.2. The van der Waals surface area contributed by atoms with Crippen LogP contribution in [-0.4, -0.2) is 38.0 Å². The lowest BCUT2D eigenvalue weighted by Gasteiger charge is -2.20. The number of urea groups is 1. The van der Waals surface area contributed by atoms with Gasteiger partial charge in [-0.05, 0) is 18.6 Å². The van der Waals surface area contributed by atoms with E-state index in [-0.39, 0.29) is 12.5 Å². The molecule has 1 aromatic rings. The van der Waals surface area contributed by atoms with Crippen molar-refractivity contribution in [2.75, 3.05) is 30.4 Å². The van der Waals surface area contributed by atoms with E-state index in [0.29, 0.717) is 18.7 Å². The first kappa shape index (κ1) is 14.8. The SMILES string of the molecule is CNC(=O)NC(=O)CNc1ccccc1N1CCCC1=O. The summed E-state index contributed by atoms with van der Waals surface area (Å²) in [6.07, 6.45) is 1.38. The average Bonchev–Trinajstić information content (AvgIpc) is 2.91. The van der Waals surface area contributed by atoms with Crippen molar-refractivity contribution in [3.8, 4) is 0 Å². The fraction of sp³-hybridized carbons (Fsp3) is 0.357. The molecule has 0 saturated carbocycles. The molecule has 1 aliphatic rings. The number of imide groups is 1. The Kier molecular flexibility index (Phi) is 4.76. The van der Waals surface area contributed by atoms with Crippen LogP contribution in [0.5, 0.6) is 0 Å². The van der Waals surface area contributed by atoms with Crippen LogP contribution in [0, 0.1) is 0 Å². The van der Waals surface area contributed by atoms with Gasteiger partial charge in [-0.3, -0.25) is 14.9 Å². The summed E-state index contributed by atoms with van der Waals surface area (Å²) in [7, 11) is 1.43. The van der Waals surface area contributed by atoms with E-state index < -0.39 is 11.9 Å². The van der Waals surface area contributed by atoms with E-state index in [4.69, 9.17) is 0 Å². The van der Waals surface area contributed by atoms with Crippen LogP contribution in [0.15, 0.2) is 24.3 Å². The second-order valence-electron chi connectivity index (χ2n) is 4.65. The standard InChI is InChI=1S/C14H18N4O3/c1-15-14(21)17-12(19)9-16-10-5-2-3-6-11(10)18-8-4-7-13(18)20/h2-3,5-6,16H,4,7-9H2,1H3,(H2,15,17,19,21). The van der Waals surface area contributed by atoms with Crippen LogP contribution in [0.3, 0.4) is 0 Å². The molecule has 1 fully saturated rings. The largest absolute Gasteiger partial charge is 0.374 e. The zero-order valence-corrected chi connectivity index (χ0v) is 11.8. The molecule has 3 N–H and O–H groups in total. The van der Waals surface area contributed by atoms with Gasteiger partial charge in [-0.1, -0.05) is 12.1 Å². The molecular formula is C14H18N4O3. The second kappa shape index (κ2) is 6.74. The number of nitrogens with one attached hydrogen (secondary N) is 3. The molecule has 1 aliphatic heterocycles. The maximum atomic E-state index is 11.8. The zero-order valence-electron chi connectivity index (χ0n) is 11.8. The minimum absolute atomic E-state index is 0.0491. The van der Waals surface area contributed by atoms with Crippen molar-refractivity contribution >= 4 is 29.2 Å². The lowest BCUT2D eigenvalue weighted by atomic mass is 10.2. The van der Waals surface area contributed by atoms with E-state index >= 15 is 0 Å². The van der Waals surface area contributed by atoms with Crippen LogP contribution in [0.25, 0.3) is 0 Å². The molecule has 21 heavy (non-hydrogen) atoms. The van der Waals surface area contributed by atoms with Crippen LogP contribution in [0.2, 0.25) is 0 Å². The number of rotatable bonds is 4. The lowest BCUT2D eigenvalue weighted by Crippen LogP contribution is -2.40. The Morgan fingerprint density at radius 3 is 2.71 bits per heavy atom. The number of amides is 4. The molecule has 112 valence electrons. The summed E-state index contributed by atoms with van der Waals surface area (Å²) in [6.45, 7) is 0.633. The maximum absolute atomic E-state index is 11.8. The van der Waals surface area contributed by atoms with Gasteiger partial charge in [0.05, 0.1) is 17.9 Å². The molecule has 0 bridgehead atoms. The van der Waals surface area contributed by atoms with E-state index in [1.165, 1.54) is 7.05 Å². The second-order valence-corrected chi connectivity index (χ2v) is 4.65. The van der Waals surface area contributed by atoms with Gasteiger partial charge in [-0.15, -0.1) is 0 Å². The van der Waals surface area contributed by atoms with Crippen molar-refractivity contribution in [3.63, 3.8) is 0 Å². The molecule has 0 unspecified atom stereocenters. The Hall–Kier alpha value is -2.57. The number of para-hydroxylation sites is 2. The highest BCUT2D eigenvalue weighted by Gasteiger charge is 2.23. The highest BCUT2D eigenvalue weighted by Crippen LogP contribution is 2.29. The first-order valence-electron chi connectivity index (χ1n) is 6.76. The van der Waals surface area contributed by atoms with Crippen molar-refractivity contribution in [3.05, 3.63) is 24.3 Å². The molecule has 0 spiro atoms. The van der Waals surface area contributed by atoms with E-state index in [0.717, 1.165) is 12.1 Å². The van der Waals surface area contributed by atoms with Crippen LogP contribution >= 0.6 is 0 Å². The Balaban J connectivity index is 2.02. The van der Waals surface area contributed by atoms with E-state index in [2.05, 4.69) is 16.0 Å². The van der Waals surface area contributed by atoms with Crippen LogP contribution < -0.4 is 20.9 Å². The van der Waals surface area contributed by atoms with Gasteiger partial charge in [0.25, 0.3) is 0 Å². The minimum Gasteiger partial charge on any atom is -0.374 e. The van der Waals surface area contributed by atoms with Crippen LogP contribution in [0.4, 0.5) is 16.2 Å². The Morgan fingerprint density at radius 1 is 1.29 bits per heavy atom. The average molecular weight is 290 g/mol. The summed E-state index contributed by atoms with van der Waals surface area (Å²) in [6, 6.07) is 6.75. The molecule has 1 aromatic carbocycles. The third kappa shape index (κ3) is 3.71. The molecule has 4 amide bonds. The zero-order chi connectivity index (χ0) is 15.2. The molecule has 7 heteroatoms. The number of hydrogen-bond donors (Lipinski definition) is 3. The lowest BCUT2D eigenvalue weighted by molar-refractivity contribution is -0.118. The van der Waals surface area contributed by atoms with Gasteiger partial charge in [0.2, 0.25) is 11.8 Å². The molecule has 2 rings (SSSR count). The number of anilines is 2. The molecule has 1 heterocycles. The number of hydrogen-bond acceptors (Lipinski definition) is 4. The van der Waals surface area contributed by atoms with Gasteiger partial charge >= 0.3 is 6.03 Å². The van der Waals surface area contributed by atoms with Crippen LogP contribution in [0.1, 0.15) is 12.8 Å². The molecule has 0 aromatic heterocycles. The topological polar surface area (TPSA) is 90.5 Å². The third-order valence-electron chi connectivity index (χ3n) is 3.19. The van der Waals surface area contributed by atoms with E-state index in [9.17, 15) is 14.4 Å². The van der Waals surface area contributed by atoms with Crippen LogP contribution in [-0.2, 0) is 9.59 Å². The summed E-state index contributed by atoms with van der Waals surface area (Å²) in [5.41, 5.74) is 1.45. The van der Waals surface area contributed by atoms with Gasteiger partial charge in [0, 0.05) is 20.0 Å². The first-order valence-corrected chi connectivity index (χ1v) is 6.76. The van der Waals surface area contributed by atoms with Crippen molar-refractivity contribution in [1.82, 2.24) is 10.6 Å². The quantitative estimate of drug-likeness (QED) is 0.760. The fourth-order valence-electron chi connectivity index (χ4n) is 2.17. The van der Waals surface area contributed by atoms with E-state index in [1.807, 2.05) is 18.2 Å². The predicted molar refractivity (Wildman–Crippen MR) is 79.1 cm³/mol. The van der Waals surface area contributed by atoms with Gasteiger partial charge in [-0.2, -0.15) is 0 Å². The smallest absolute Gasteiger partial charge is 0.321 e. The van der Waals surface area contributed by atoms with Crippen molar-refractivity contribution in [2.24, 2.45) is 0 Å². The predicted octanol–water partition coefficient (Wildman–Crippen LogP) is 0.681. The number of nitrogens with zero attached hydrogens (tertiary/aromatic N) is 1. The summed E-state index contributed by atoms with van der Waals surface area (Å²) >= 11 is 0. The molecule has 0 atom stereocenters. The monoisotopic (exact) mass is 290 g/mol. The third-order valence-corrected chi connectivity index (χ3v) is 3.19. The molecule has 0 radical (unpaired) electrons. The van der Waals surface area contributed by atoms with Crippen molar-refractivity contribution in [2.45, 2.75) is 12.8 Å². The first-order chi connectivity index (χ1) is 10.1. The van der Waals surface area contributed by atoms with Gasteiger partial charge in [0.15, 0.2) is 0 Å². The van der Waals surface area contributed by atoms with Gasteiger partial charge in [-0.25, -0.2) is 4.79 Å². The van der Waals surface area contributed by atoms with E-state index in [1.54, 1.807) is 11.0 Å². The minimum atomic E-state index is -0.551. The normalized spacial score (nSPS) is 14.0. The van der Waals surface area contributed by atoms with Crippen molar-refractivity contribution < 1.29 is 14.4 Å². The number of carbonyl (C=O) groups excluding carboxylic acids is 3. The van der Waals surface area contributed by atoms with Crippen molar-refractivity contribution in [1.29, 1.82) is 0 Å². The highest BCUT2D eigenvalue weighted by molar-refractivity contribution is 5.99. The van der Waals surface area contributed by atoms with Gasteiger partial charge in [0.1, 0.15) is 0 Å². The Morgan fingerprint density at radius 2 is 2.05 bits per heavy atom. The Bertz CT molecular complexity index is 559. The molecule has 1 saturated heterocycles. The number of carbonyl (C=O) groups is 3.